The second kappa shape index (κ2) is 14.9. The van der Waals surface area contributed by atoms with Gasteiger partial charge >= 0.3 is 11.9 Å². The van der Waals surface area contributed by atoms with Crippen LogP contribution in [0.5, 0.6) is 0 Å². The van der Waals surface area contributed by atoms with Crippen molar-refractivity contribution in [1.29, 1.82) is 0 Å². The zero-order chi connectivity index (χ0) is 32.0. The molecule has 3 atom stereocenters. The highest BCUT2D eigenvalue weighted by molar-refractivity contribution is 7.85. The summed E-state index contributed by atoms with van der Waals surface area (Å²) in [5, 5.41) is 0.332. The van der Waals surface area contributed by atoms with Crippen LogP contribution in [0.4, 0.5) is 0 Å². The molecule has 11 nitrogen and oxygen atoms in total. The number of primary amides is 1. The molecule has 0 saturated carbocycles. The number of esters is 2. The van der Waals surface area contributed by atoms with Crippen molar-refractivity contribution < 1.29 is 32.9 Å². The summed E-state index contributed by atoms with van der Waals surface area (Å²) < 4.78 is 23.8. The van der Waals surface area contributed by atoms with E-state index < -0.39 is 40.5 Å². The van der Waals surface area contributed by atoms with Crippen molar-refractivity contribution in [2.24, 2.45) is 16.6 Å². The molecule has 0 aromatic heterocycles. The molecule has 0 spiro atoms. The van der Waals surface area contributed by atoms with E-state index in [2.05, 4.69) is 4.99 Å². The molecule has 14 heteroatoms. The first-order chi connectivity index (χ1) is 21.0. The number of piperazine rings is 1. The summed E-state index contributed by atoms with van der Waals surface area (Å²) >= 11 is 13.3. The summed E-state index contributed by atoms with van der Waals surface area (Å²) in [7, 11) is 0.707. The van der Waals surface area contributed by atoms with E-state index >= 15 is 0 Å². The predicted octanol–water partition coefficient (Wildman–Crippen LogP) is 2.58. The molecule has 2 N–H and O–H groups in total. The van der Waals surface area contributed by atoms with Crippen LogP contribution in [0.1, 0.15) is 17.9 Å². The minimum absolute atomic E-state index is 0.0570. The Kier molecular flexibility index (Phi) is 11.3. The fourth-order valence-corrected chi connectivity index (χ4v) is 7.12. The van der Waals surface area contributed by atoms with Crippen molar-refractivity contribution in [2.75, 3.05) is 52.7 Å². The molecule has 2 aromatic carbocycles. The normalized spacial score (nSPS) is 19.6. The molecule has 2 aliphatic heterocycles. The van der Waals surface area contributed by atoms with Gasteiger partial charge in [0.2, 0.25) is 11.8 Å². The van der Waals surface area contributed by atoms with Crippen molar-refractivity contribution in [3.05, 3.63) is 75.4 Å². The lowest BCUT2D eigenvalue weighted by atomic mass is 9.74. The summed E-state index contributed by atoms with van der Waals surface area (Å²) in [4.78, 5) is 60.5. The van der Waals surface area contributed by atoms with E-state index in [0.717, 1.165) is 0 Å². The van der Waals surface area contributed by atoms with E-state index in [-0.39, 0.29) is 57.2 Å². The molecular formula is C30H32Cl2N4O7S. The molecule has 0 radical (unpaired) electrons. The van der Waals surface area contributed by atoms with Gasteiger partial charge in [0.05, 0.1) is 55.0 Å². The summed E-state index contributed by atoms with van der Waals surface area (Å²) in [6.45, 7) is 1.62. The number of benzene rings is 2. The third kappa shape index (κ3) is 7.55. The SMILES string of the molecule is COC(=O)C1=C(CS(=O)c2ccccc2)N=C(CC(=O)N2CCN(CC(N)=O)CC2)C(C(=O)OC)[C@@H]1c1c(Cl)cccc1Cl. The van der Waals surface area contributed by atoms with Gasteiger partial charge in [-0.25, -0.2) is 4.79 Å². The van der Waals surface area contributed by atoms with Crippen LogP contribution in [-0.4, -0.2) is 96.2 Å². The number of hydrogen-bond donors (Lipinski definition) is 1. The minimum atomic E-state index is -1.66. The zero-order valence-electron chi connectivity index (χ0n) is 24.2. The van der Waals surface area contributed by atoms with Gasteiger partial charge in [0.25, 0.3) is 0 Å². The van der Waals surface area contributed by atoms with Crippen molar-refractivity contribution in [3.63, 3.8) is 0 Å². The maximum Gasteiger partial charge on any atom is 0.336 e. The Morgan fingerprint density at radius 3 is 2.16 bits per heavy atom. The standard InChI is InChI=1S/C30H32Cl2N4O7S/c1-42-29(39)26-21(15-24(38)36-13-11-35(12-14-36)16-23(33)37)34-22(17-44(41)18-7-4-3-5-8-18)27(30(40)43-2)28(26)25-19(31)9-6-10-20(25)32/h3-10,26,28H,11-17H2,1-2H3,(H2,33,37)/t26?,28-,44?/m0/s1. The first-order valence-electron chi connectivity index (χ1n) is 13.7. The molecule has 1 fully saturated rings. The van der Waals surface area contributed by atoms with E-state index in [1.165, 1.54) is 14.2 Å². The van der Waals surface area contributed by atoms with Crippen LogP contribution in [-0.2, 0) is 39.5 Å². The number of ether oxygens (including phenoxy) is 2. The van der Waals surface area contributed by atoms with Gasteiger partial charge in [-0.1, -0.05) is 47.5 Å². The molecular weight excluding hydrogens is 631 g/mol. The summed E-state index contributed by atoms with van der Waals surface area (Å²) in [5.74, 6) is -5.03. The Balaban J connectivity index is 1.82. The predicted molar refractivity (Wildman–Crippen MR) is 166 cm³/mol. The quantitative estimate of drug-likeness (QED) is 0.382. The molecule has 4 rings (SSSR count). The van der Waals surface area contributed by atoms with Gasteiger partial charge in [-0.3, -0.25) is 28.5 Å². The maximum absolute atomic E-state index is 13.6. The second-order valence-corrected chi connectivity index (χ2v) is 12.4. The van der Waals surface area contributed by atoms with Crippen molar-refractivity contribution in [2.45, 2.75) is 17.2 Å². The highest BCUT2D eigenvalue weighted by Crippen LogP contribution is 2.46. The van der Waals surface area contributed by atoms with Gasteiger partial charge < -0.3 is 20.1 Å². The number of aliphatic imine (C=N–C) groups is 1. The lowest BCUT2D eigenvalue weighted by Gasteiger charge is -2.36. The van der Waals surface area contributed by atoms with Gasteiger partial charge in [-0.05, 0) is 29.8 Å². The molecule has 2 amide bonds. The van der Waals surface area contributed by atoms with E-state index in [4.69, 9.17) is 38.4 Å². The van der Waals surface area contributed by atoms with Gasteiger partial charge in [0.15, 0.2) is 0 Å². The highest BCUT2D eigenvalue weighted by Gasteiger charge is 2.46. The number of carbonyl (C=O) groups excluding carboxylic acids is 4. The monoisotopic (exact) mass is 662 g/mol. The molecule has 1 saturated heterocycles. The molecule has 2 unspecified atom stereocenters. The number of halogens is 2. The fraction of sp³-hybridized carbons (Fsp3) is 0.367. The summed E-state index contributed by atoms with van der Waals surface area (Å²) in [6.07, 6.45) is -0.302. The summed E-state index contributed by atoms with van der Waals surface area (Å²) in [5.41, 5.74) is 5.68. The van der Waals surface area contributed by atoms with Gasteiger partial charge in [0, 0.05) is 52.7 Å². The van der Waals surface area contributed by atoms with Crippen LogP contribution in [0.25, 0.3) is 0 Å². The number of carbonyl (C=O) groups is 4. The molecule has 2 aromatic rings. The largest absolute Gasteiger partial charge is 0.468 e. The fourth-order valence-electron chi connectivity index (χ4n) is 5.40. The first kappa shape index (κ1) is 33.3. The van der Waals surface area contributed by atoms with E-state index in [1.807, 2.05) is 4.90 Å². The van der Waals surface area contributed by atoms with Crippen molar-refractivity contribution in [3.8, 4) is 0 Å². The third-order valence-electron chi connectivity index (χ3n) is 7.47. The molecule has 0 aliphatic carbocycles. The molecule has 234 valence electrons. The Morgan fingerprint density at radius 2 is 1.59 bits per heavy atom. The smallest absolute Gasteiger partial charge is 0.336 e. The molecule has 2 heterocycles. The Morgan fingerprint density at radius 1 is 0.955 bits per heavy atom. The van der Waals surface area contributed by atoms with Crippen LogP contribution < -0.4 is 5.73 Å². The number of nitrogens with zero attached hydrogens (tertiary/aromatic N) is 3. The van der Waals surface area contributed by atoms with Gasteiger partial charge in [0.1, 0.15) is 5.92 Å². The molecule has 0 bridgehead atoms. The number of nitrogens with two attached hydrogens (primary N) is 1. The Hall–Kier alpha value is -3.58. The maximum atomic E-state index is 13.6. The topological polar surface area (TPSA) is 149 Å². The average molecular weight is 664 g/mol. The molecule has 44 heavy (non-hydrogen) atoms. The highest BCUT2D eigenvalue weighted by atomic mass is 35.5. The number of hydrogen-bond acceptors (Lipinski definition) is 9. The number of amides is 2. The van der Waals surface area contributed by atoms with E-state index in [9.17, 15) is 23.4 Å². The van der Waals surface area contributed by atoms with E-state index in [0.29, 0.717) is 31.1 Å². The van der Waals surface area contributed by atoms with Gasteiger partial charge in [-0.2, -0.15) is 0 Å². The van der Waals surface area contributed by atoms with Crippen LogP contribution in [0, 0.1) is 5.92 Å². The first-order valence-corrected chi connectivity index (χ1v) is 15.8. The van der Waals surface area contributed by atoms with Crippen molar-refractivity contribution in [1.82, 2.24) is 9.80 Å². The molecule has 2 aliphatic rings. The third-order valence-corrected chi connectivity index (χ3v) is 9.47. The number of methoxy groups -OCH3 is 2. The van der Waals surface area contributed by atoms with Crippen LogP contribution in [0.3, 0.4) is 0 Å². The Bertz CT molecular complexity index is 1500. The average Bonchev–Trinajstić information content (AvgIpc) is 3.00. The number of rotatable bonds is 10. The lowest BCUT2D eigenvalue weighted by Crippen LogP contribution is -2.51. The van der Waals surface area contributed by atoms with Crippen LogP contribution in [0.15, 0.2) is 69.7 Å². The Labute approximate surface area is 267 Å². The van der Waals surface area contributed by atoms with Crippen LogP contribution in [0.2, 0.25) is 10.0 Å². The lowest BCUT2D eigenvalue weighted by molar-refractivity contribution is -0.143. The van der Waals surface area contributed by atoms with Crippen LogP contribution >= 0.6 is 23.2 Å². The van der Waals surface area contributed by atoms with Gasteiger partial charge in [-0.15, -0.1) is 0 Å². The van der Waals surface area contributed by atoms with Crippen molar-refractivity contribution >= 4 is 63.5 Å². The minimum Gasteiger partial charge on any atom is -0.468 e. The second-order valence-electron chi connectivity index (χ2n) is 10.2. The zero-order valence-corrected chi connectivity index (χ0v) is 26.5. The van der Waals surface area contributed by atoms with E-state index in [1.54, 1.807) is 53.4 Å². The summed E-state index contributed by atoms with van der Waals surface area (Å²) in [6, 6.07) is 13.4.